The van der Waals surface area contributed by atoms with Gasteiger partial charge in [-0.2, -0.15) is 0 Å². The van der Waals surface area contributed by atoms with Gasteiger partial charge in [0, 0.05) is 26.8 Å². The zero-order valence-electron chi connectivity index (χ0n) is 14.4. The van der Waals surface area contributed by atoms with E-state index in [-0.39, 0.29) is 24.2 Å². The monoisotopic (exact) mass is 344 g/mol. The SMILES string of the molecule is CN(C)c1nccc([C@@H]2CN(C(=O)Cc3ccccc3F)CCO2)n1. The third kappa shape index (κ3) is 4.11. The first-order valence-electron chi connectivity index (χ1n) is 8.17. The Kier molecular flexibility index (Phi) is 5.23. The first kappa shape index (κ1) is 17.3. The average Bonchev–Trinajstić information content (AvgIpc) is 2.64. The second kappa shape index (κ2) is 7.57. The van der Waals surface area contributed by atoms with Crippen LogP contribution in [0.2, 0.25) is 0 Å². The van der Waals surface area contributed by atoms with Crippen molar-refractivity contribution in [1.29, 1.82) is 0 Å². The normalized spacial score (nSPS) is 17.4. The highest BCUT2D eigenvalue weighted by atomic mass is 19.1. The number of benzene rings is 1. The lowest BCUT2D eigenvalue weighted by atomic mass is 10.1. The summed E-state index contributed by atoms with van der Waals surface area (Å²) in [5, 5.41) is 0. The van der Waals surface area contributed by atoms with Gasteiger partial charge in [0.25, 0.3) is 0 Å². The Morgan fingerprint density at radius 3 is 2.92 bits per heavy atom. The first-order chi connectivity index (χ1) is 12.0. The van der Waals surface area contributed by atoms with Gasteiger partial charge < -0.3 is 14.5 Å². The fraction of sp³-hybridized carbons (Fsp3) is 0.389. The van der Waals surface area contributed by atoms with E-state index in [0.29, 0.717) is 31.2 Å². The number of morpholine rings is 1. The molecule has 1 saturated heterocycles. The zero-order chi connectivity index (χ0) is 17.8. The van der Waals surface area contributed by atoms with Crippen LogP contribution < -0.4 is 4.90 Å². The molecule has 0 aliphatic carbocycles. The molecule has 25 heavy (non-hydrogen) atoms. The van der Waals surface area contributed by atoms with Crippen molar-refractivity contribution in [3.8, 4) is 0 Å². The van der Waals surface area contributed by atoms with E-state index in [2.05, 4.69) is 9.97 Å². The van der Waals surface area contributed by atoms with E-state index in [0.717, 1.165) is 5.69 Å². The van der Waals surface area contributed by atoms with Crippen LogP contribution >= 0.6 is 0 Å². The first-order valence-corrected chi connectivity index (χ1v) is 8.17. The van der Waals surface area contributed by atoms with Gasteiger partial charge in [-0.3, -0.25) is 4.79 Å². The summed E-state index contributed by atoms with van der Waals surface area (Å²) in [6.07, 6.45) is 1.42. The molecule has 1 aliphatic rings. The maximum absolute atomic E-state index is 13.8. The number of nitrogens with zero attached hydrogens (tertiary/aromatic N) is 4. The summed E-state index contributed by atoms with van der Waals surface area (Å²) in [6.45, 7) is 1.32. The fourth-order valence-corrected chi connectivity index (χ4v) is 2.73. The quantitative estimate of drug-likeness (QED) is 0.847. The van der Waals surface area contributed by atoms with E-state index >= 15 is 0 Å². The summed E-state index contributed by atoms with van der Waals surface area (Å²) >= 11 is 0. The van der Waals surface area contributed by atoms with Crippen LogP contribution in [0.1, 0.15) is 17.4 Å². The smallest absolute Gasteiger partial charge is 0.227 e. The van der Waals surface area contributed by atoms with E-state index in [1.54, 1.807) is 35.4 Å². The summed E-state index contributed by atoms with van der Waals surface area (Å²) < 4.78 is 19.5. The van der Waals surface area contributed by atoms with Crippen LogP contribution in [0.5, 0.6) is 0 Å². The third-order valence-electron chi connectivity index (χ3n) is 4.11. The van der Waals surface area contributed by atoms with E-state index in [1.807, 2.05) is 19.0 Å². The predicted octanol–water partition coefficient (Wildman–Crippen LogP) is 1.82. The van der Waals surface area contributed by atoms with Crippen molar-refractivity contribution < 1.29 is 13.9 Å². The maximum atomic E-state index is 13.8. The van der Waals surface area contributed by atoms with Crippen molar-refractivity contribution in [2.75, 3.05) is 38.7 Å². The Bertz CT molecular complexity index is 753. The lowest BCUT2D eigenvalue weighted by molar-refractivity contribution is -0.138. The number of hydrogen-bond acceptors (Lipinski definition) is 5. The minimum Gasteiger partial charge on any atom is -0.368 e. The number of halogens is 1. The molecule has 2 aromatic rings. The molecule has 0 bridgehead atoms. The number of rotatable bonds is 4. The Morgan fingerprint density at radius 1 is 1.36 bits per heavy atom. The second-order valence-corrected chi connectivity index (χ2v) is 6.14. The highest BCUT2D eigenvalue weighted by Gasteiger charge is 2.27. The minimum atomic E-state index is -0.355. The summed E-state index contributed by atoms with van der Waals surface area (Å²) in [7, 11) is 3.73. The average molecular weight is 344 g/mol. The van der Waals surface area contributed by atoms with Crippen LogP contribution in [-0.4, -0.2) is 54.6 Å². The van der Waals surface area contributed by atoms with Crippen LogP contribution in [0.3, 0.4) is 0 Å². The van der Waals surface area contributed by atoms with Crippen molar-refractivity contribution in [2.24, 2.45) is 0 Å². The van der Waals surface area contributed by atoms with Crippen molar-refractivity contribution in [2.45, 2.75) is 12.5 Å². The van der Waals surface area contributed by atoms with E-state index in [4.69, 9.17) is 4.74 Å². The molecule has 1 fully saturated rings. The largest absolute Gasteiger partial charge is 0.368 e. The van der Waals surface area contributed by atoms with E-state index < -0.39 is 0 Å². The molecule has 1 aromatic heterocycles. The number of carbonyl (C=O) groups excluding carboxylic acids is 1. The predicted molar refractivity (Wildman–Crippen MR) is 91.7 cm³/mol. The molecule has 1 atom stereocenters. The van der Waals surface area contributed by atoms with Crippen LogP contribution in [0.25, 0.3) is 0 Å². The third-order valence-corrected chi connectivity index (χ3v) is 4.11. The van der Waals surface area contributed by atoms with Gasteiger partial charge in [-0.1, -0.05) is 18.2 Å². The topological polar surface area (TPSA) is 58.6 Å². The second-order valence-electron chi connectivity index (χ2n) is 6.14. The van der Waals surface area contributed by atoms with Gasteiger partial charge in [0.1, 0.15) is 11.9 Å². The van der Waals surface area contributed by atoms with Gasteiger partial charge in [-0.15, -0.1) is 0 Å². The van der Waals surface area contributed by atoms with Gasteiger partial charge in [-0.25, -0.2) is 14.4 Å². The number of anilines is 1. The lowest BCUT2D eigenvalue weighted by Crippen LogP contribution is -2.43. The van der Waals surface area contributed by atoms with Crippen LogP contribution in [0.15, 0.2) is 36.5 Å². The van der Waals surface area contributed by atoms with E-state index in [9.17, 15) is 9.18 Å². The van der Waals surface area contributed by atoms with E-state index in [1.165, 1.54) is 6.07 Å². The van der Waals surface area contributed by atoms with Crippen molar-refractivity contribution in [3.63, 3.8) is 0 Å². The molecule has 1 aliphatic heterocycles. The van der Waals surface area contributed by atoms with Gasteiger partial charge in [0.15, 0.2) is 0 Å². The number of amides is 1. The summed E-state index contributed by atoms with van der Waals surface area (Å²) in [5.41, 5.74) is 1.15. The van der Waals surface area contributed by atoms with Crippen molar-refractivity contribution in [1.82, 2.24) is 14.9 Å². The molecule has 1 amide bonds. The molecule has 0 saturated carbocycles. The number of ether oxygens (including phenoxy) is 1. The molecule has 2 heterocycles. The van der Waals surface area contributed by atoms with Crippen LogP contribution in [-0.2, 0) is 16.0 Å². The highest BCUT2D eigenvalue weighted by Crippen LogP contribution is 2.22. The summed E-state index contributed by atoms with van der Waals surface area (Å²) in [6, 6.07) is 8.15. The zero-order valence-corrected chi connectivity index (χ0v) is 14.4. The van der Waals surface area contributed by atoms with Crippen LogP contribution in [0.4, 0.5) is 10.3 Å². The van der Waals surface area contributed by atoms with Gasteiger partial charge in [0.2, 0.25) is 11.9 Å². The van der Waals surface area contributed by atoms with Crippen LogP contribution in [0, 0.1) is 5.82 Å². The molecular formula is C18H21FN4O2. The Labute approximate surface area is 146 Å². The van der Waals surface area contributed by atoms with Crippen molar-refractivity contribution in [3.05, 3.63) is 53.6 Å². The molecule has 7 heteroatoms. The summed E-state index contributed by atoms with van der Waals surface area (Å²) in [5.74, 6) is 0.128. The van der Waals surface area contributed by atoms with Gasteiger partial charge in [0.05, 0.1) is 25.3 Å². The Balaban J connectivity index is 1.69. The van der Waals surface area contributed by atoms with Crippen molar-refractivity contribution >= 4 is 11.9 Å². The fourth-order valence-electron chi connectivity index (χ4n) is 2.73. The summed E-state index contributed by atoms with van der Waals surface area (Å²) in [4.78, 5) is 24.7. The number of hydrogen-bond donors (Lipinski definition) is 0. The molecular weight excluding hydrogens is 323 g/mol. The molecule has 3 rings (SSSR count). The standard InChI is InChI=1S/C18H21FN4O2/c1-22(2)18-20-8-7-15(21-18)16-12-23(9-10-25-16)17(24)11-13-5-3-4-6-14(13)19/h3-8,16H,9-12H2,1-2H3/t16-/m0/s1. The Morgan fingerprint density at radius 2 is 2.16 bits per heavy atom. The molecule has 0 spiro atoms. The molecule has 6 nitrogen and oxygen atoms in total. The number of aromatic nitrogens is 2. The molecule has 0 unspecified atom stereocenters. The molecule has 0 N–H and O–H groups in total. The minimum absolute atomic E-state index is 0.0477. The molecule has 132 valence electrons. The molecule has 1 aromatic carbocycles. The Hall–Kier alpha value is -2.54. The lowest BCUT2D eigenvalue weighted by Gasteiger charge is -2.33. The number of carbonyl (C=O) groups is 1. The van der Waals surface area contributed by atoms with Gasteiger partial charge in [-0.05, 0) is 17.7 Å². The maximum Gasteiger partial charge on any atom is 0.227 e. The molecule has 0 radical (unpaired) electrons. The highest BCUT2D eigenvalue weighted by molar-refractivity contribution is 5.79. The van der Waals surface area contributed by atoms with Gasteiger partial charge >= 0.3 is 0 Å².